The van der Waals surface area contributed by atoms with Gasteiger partial charge in [0.25, 0.3) is 0 Å². The summed E-state index contributed by atoms with van der Waals surface area (Å²) < 4.78 is 5.61. The molecule has 0 heterocycles. The van der Waals surface area contributed by atoms with Gasteiger partial charge in [0.05, 0.1) is 5.60 Å². The molecule has 1 unspecified atom stereocenters. The zero-order valence-electron chi connectivity index (χ0n) is 14.0. The Morgan fingerprint density at radius 2 is 1.80 bits per heavy atom. The molecule has 1 aromatic carbocycles. The number of nitrogens with one attached hydrogen (secondary N) is 1. The maximum Gasteiger partial charge on any atom is 0.0637 e. The van der Waals surface area contributed by atoms with E-state index in [2.05, 4.69) is 58.1 Å². The van der Waals surface area contributed by atoms with Crippen LogP contribution in [0.3, 0.4) is 0 Å². The summed E-state index contributed by atoms with van der Waals surface area (Å²) in [7, 11) is 1.80. The van der Waals surface area contributed by atoms with Gasteiger partial charge in [0, 0.05) is 13.2 Å². The summed E-state index contributed by atoms with van der Waals surface area (Å²) in [6, 6.07) is 7.02. The molecule has 114 valence electrons. The first kappa shape index (κ1) is 17.2. The minimum atomic E-state index is -0.0814. The van der Waals surface area contributed by atoms with Gasteiger partial charge in [0.15, 0.2) is 0 Å². The number of ether oxygens (including phenoxy) is 1. The van der Waals surface area contributed by atoms with Gasteiger partial charge in [-0.3, -0.25) is 0 Å². The summed E-state index contributed by atoms with van der Waals surface area (Å²) in [6.45, 7) is 12.0. The number of rotatable bonds is 8. The molecule has 1 rings (SSSR count). The van der Waals surface area contributed by atoms with Gasteiger partial charge in [-0.05, 0) is 70.2 Å². The molecule has 0 saturated carbocycles. The third-order valence-electron chi connectivity index (χ3n) is 4.07. The Bertz CT molecular complexity index is 392. The highest BCUT2D eigenvalue weighted by Gasteiger charge is 2.23. The molecule has 0 aromatic heterocycles. The van der Waals surface area contributed by atoms with Gasteiger partial charge < -0.3 is 10.1 Å². The van der Waals surface area contributed by atoms with Crippen molar-refractivity contribution in [2.45, 2.75) is 65.5 Å². The highest BCUT2D eigenvalue weighted by molar-refractivity contribution is 5.34. The molecular formula is C18H31NO. The number of benzene rings is 1. The number of hydrogen-bond donors (Lipinski definition) is 1. The number of methoxy groups -OCH3 is 1. The Morgan fingerprint density at radius 3 is 2.30 bits per heavy atom. The van der Waals surface area contributed by atoms with Gasteiger partial charge in [0.1, 0.15) is 0 Å². The molecule has 0 saturated heterocycles. The lowest BCUT2D eigenvalue weighted by molar-refractivity contribution is 0.00712. The molecule has 0 spiro atoms. The molecule has 0 radical (unpaired) electrons. The van der Waals surface area contributed by atoms with E-state index in [-0.39, 0.29) is 5.60 Å². The van der Waals surface area contributed by atoms with Crippen LogP contribution in [-0.4, -0.2) is 25.3 Å². The molecule has 20 heavy (non-hydrogen) atoms. The van der Waals surface area contributed by atoms with Crippen LogP contribution >= 0.6 is 0 Å². The van der Waals surface area contributed by atoms with Crippen LogP contribution in [0.2, 0.25) is 0 Å². The summed E-state index contributed by atoms with van der Waals surface area (Å²) in [5, 5.41) is 3.68. The molecule has 0 aliphatic rings. The predicted octanol–water partition coefficient (Wildman–Crippen LogP) is 4.03. The Labute approximate surface area is 124 Å². The minimum Gasteiger partial charge on any atom is -0.379 e. The van der Waals surface area contributed by atoms with E-state index in [1.807, 2.05) is 0 Å². The van der Waals surface area contributed by atoms with Crippen LogP contribution in [-0.2, 0) is 11.2 Å². The smallest absolute Gasteiger partial charge is 0.0637 e. The van der Waals surface area contributed by atoms with Crippen LogP contribution < -0.4 is 5.32 Å². The van der Waals surface area contributed by atoms with E-state index in [0.717, 1.165) is 25.8 Å². The lowest BCUT2D eigenvalue weighted by atomic mass is 9.90. The van der Waals surface area contributed by atoms with Gasteiger partial charge in [-0.25, -0.2) is 0 Å². The Kier molecular flexibility index (Phi) is 6.70. The van der Waals surface area contributed by atoms with E-state index in [4.69, 9.17) is 4.74 Å². The SMILES string of the molecule is CCCNC(Cc1c(C)cccc1C)CC(C)(C)OC. The maximum atomic E-state index is 5.61. The monoisotopic (exact) mass is 277 g/mol. The number of hydrogen-bond acceptors (Lipinski definition) is 2. The molecular weight excluding hydrogens is 246 g/mol. The van der Waals surface area contributed by atoms with Gasteiger partial charge in [0.2, 0.25) is 0 Å². The van der Waals surface area contributed by atoms with Crippen molar-refractivity contribution in [2.75, 3.05) is 13.7 Å². The largest absolute Gasteiger partial charge is 0.379 e. The summed E-state index contributed by atoms with van der Waals surface area (Å²) in [4.78, 5) is 0. The van der Waals surface area contributed by atoms with Gasteiger partial charge in [-0.2, -0.15) is 0 Å². The molecule has 1 aromatic rings. The van der Waals surface area contributed by atoms with E-state index < -0.39 is 0 Å². The molecule has 1 atom stereocenters. The summed E-state index contributed by atoms with van der Waals surface area (Å²) in [6.07, 6.45) is 3.26. The fourth-order valence-corrected chi connectivity index (χ4v) is 2.66. The molecule has 0 aliphatic heterocycles. The van der Waals surface area contributed by atoms with Gasteiger partial charge >= 0.3 is 0 Å². The van der Waals surface area contributed by atoms with Crippen molar-refractivity contribution in [3.05, 3.63) is 34.9 Å². The maximum absolute atomic E-state index is 5.61. The van der Waals surface area contributed by atoms with Gasteiger partial charge in [-0.15, -0.1) is 0 Å². The Balaban J connectivity index is 2.83. The summed E-state index contributed by atoms with van der Waals surface area (Å²) >= 11 is 0. The zero-order valence-corrected chi connectivity index (χ0v) is 14.0. The normalized spacial score (nSPS) is 13.5. The first-order chi connectivity index (χ1) is 9.39. The lowest BCUT2D eigenvalue weighted by Crippen LogP contribution is -2.39. The van der Waals surface area contributed by atoms with Crippen LogP contribution in [0.25, 0.3) is 0 Å². The second-order valence-electron chi connectivity index (χ2n) is 6.39. The third-order valence-corrected chi connectivity index (χ3v) is 4.07. The summed E-state index contributed by atoms with van der Waals surface area (Å²) in [5.74, 6) is 0. The van der Waals surface area contributed by atoms with Gasteiger partial charge in [-0.1, -0.05) is 25.1 Å². The molecule has 1 N–H and O–H groups in total. The van der Waals surface area contributed by atoms with Crippen molar-refractivity contribution in [3.63, 3.8) is 0 Å². The lowest BCUT2D eigenvalue weighted by Gasteiger charge is -2.30. The zero-order chi connectivity index (χ0) is 15.2. The van der Waals surface area contributed by atoms with Crippen molar-refractivity contribution in [3.8, 4) is 0 Å². The number of aryl methyl sites for hydroxylation is 2. The minimum absolute atomic E-state index is 0.0814. The van der Waals surface area contributed by atoms with Crippen LogP contribution in [0.1, 0.15) is 50.3 Å². The standard InChI is InChI=1S/C18H31NO/c1-7-11-19-16(13-18(4,5)20-6)12-17-14(2)9-8-10-15(17)3/h8-10,16,19H,7,11-13H2,1-6H3. The topological polar surface area (TPSA) is 21.3 Å². The van der Waals surface area contributed by atoms with Crippen LogP contribution in [0.15, 0.2) is 18.2 Å². The fraction of sp³-hybridized carbons (Fsp3) is 0.667. The first-order valence-corrected chi connectivity index (χ1v) is 7.73. The van der Waals surface area contributed by atoms with Crippen LogP contribution in [0, 0.1) is 13.8 Å². The molecule has 0 bridgehead atoms. The van der Waals surface area contributed by atoms with Crippen molar-refractivity contribution in [1.29, 1.82) is 0 Å². The quantitative estimate of drug-likeness (QED) is 0.774. The van der Waals surface area contributed by atoms with Crippen molar-refractivity contribution in [2.24, 2.45) is 0 Å². The first-order valence-electron chi connectivity index (χ1n) is 7.73. The molecule has 2 nitrogen and oxygen atoms in total. The predicted molar refractivity (Wildman–Crippen MR) is 87.4 cm³/mol. The molecule has 2 heteroatoms. The van der Waals surface area contributed by atoms with Crippen molar-refractivity contribution >= 4 is 0 Å². The van der Waals surface area contributed by atoms with Crippen LogP contribution in [0.4, 0.5) is 0 Å². The second kappa shape index (κ2) is 7.80. The highest BCUT2D eigenvalue weighted by atomic mass is 16.5. The second-order valence-corrected chi connectivity index (χ2v) is 6.39. The van der Waals surface area contributed by atoms with Crippen molar-refractivity contribution < 1.29 is 4.74 Å². The van der Waals surface area contributed by atoms with E-state index in [1.165, 1.54) is 16.7 Å². The average Bonchev–Trinajstić information content (AvgIpc) is 2.40. The average molecular weight is 277 g/mol. The fourth-order valence-electron chi connectivity index (χ4n) is 2.66. The molecule has 0 aliphatic carbocycles. The van der Waals surface area contributed by atoms with E-state index in [0.29, 0.717) is 6.04 Å². The molecule has 0 fully saturated rings. The third kappa shape index (κ3) is 5.26. The highest BCUT2D eigenvalue weighted by Crippen LogP contribution is 2.21. The molecule has 0 amide bonds. The van der Waals surface area contributed by atoms with E-state index in [9.17, 15) is 0 Å². The van der Waals surface area contributed by atoms with E-state index in [1.54, 1.807) is 7.11 Å². The summed E-state index contributed by atoms with van der Waals surface area (Å²) in [5.41, 5.74) is 4.18. The van der Waals surface area contributed by atoms with E-state index >= 15 is 0 Å². The Hall–Kier alpha value is -0.860. The van der Waals surface area contributed by atoms with Crippen molar-refractivity contribution in [1.82, 2.24) is 5.32 Å². The van der Waals surface area contributed by atoms with Crippen LogP contribution in [0.5, 0.6) is 0 Å². The Morgan fingerprint density at radius 1 is 1.20 bits per heavy atom.